The molecule has 2 atom stereocenters. The van der Waals surface area contributed by atoms with Gasteiger partial charge in [0.1, 0.15) is 17.8 Å². The average Bonchev–Trinajstić information content (AvgIpc) is 3.00. The maximum atomic E-state index is 13.0. The molecule has 1 aromatic carbocycles. The fraction of sp³-hybridized carbons (Fsp3) is 0.571. The summed E-state index contributed by atoms with van der Waals surface area (Å²) >= 11 is 0. The molecule has 0 unspecified atom stereocenters. The Hall–Kier alpha value is -2.45. The summed E-state index contributed by atoms with van der Waals surface area (Å²) in [5, 5.41) is 5.26. The maximum absolute atomic E-state index is 13.0. The minimum absolute atomic E-state index is 0.0804. The van der Waals surface area contributed by atoms with Gasteiger partial charge in [-0.05, 0) is 40.2 Å². The van der Waals surface area contributed by atoms with Crippen molar-refractivity contribution in [2.24, 2.45) is 0 Å². The van der Waals surface area contributed by atoms with Crippen LogP contribution in [0.5, 0.6) is 0 Å². The SMILES string of the molecule is COC(=O)CNC(=O)C(C)(C)NC(=O)[C@@H](C)N1[C@@H](c2ccccc2)COC1(C)C. The van der Waals surface area contributed by atoms with Crippen LogP contribution in [0.3, 0.4) is 0 Å². The van der Waals surface area contributed by atoms with Crippen molar-refractivity contribution >= 4 is 17.8 Å². The monoisotopic (exact) mass is 405 g/mol. The van der Waals surface area contributed by atoms with Crippen molar-refractivity contribution in [2.45, 2.75) is 58.0 Å². The highest BCUT2D eigenvalue weighted by Gasteiger charge is 2.46. The molecule has 0 bridgehead atoms. The van der Waals surface area contributed by atoms with E-state index in [4.69, 9.17) is 4.74 Å². The number of nitrogens with one attached hydrogen (secondary N) is 2. The number of carbonyl (C=O) groups is 3. The second kappa shape index (κ2) is 8.92. The van der Waals surface area contributed by atoms with Crippen LogP contribution < -0.4 is 10.6 Å². The standard InChI is InChI=1S/C21H31N3O5/c1-14(18(26)23-20(2,3)19(27)22-12-17(25)28-6)24-16(13-29-21(24,4)5)15-10-8-7-9-11-15/h7-11,14,16H,12-13H2,1-6H3,(H,22,27)(H,23,26)/t14-,16-/m1/s1. The lowest BCUT2D eigenvalue weighted by molar-refractivity contribution is -0.143. The van der Waals surface area contributed by atoms with Crippen LogP contribution in [0.15, 0.2) is 30.3 Å². The molecule has 0 aromatic heterocycles. The van der Waals surface area contributed by atoms with E-state index in [2.05, 4.69) is 15.4 Å². The van der Waals surface area contributed by atoms with Gasteiger partial charge in [0.2, 0.25) is 11.8 Å². The predicted molar refractivity (Wildman–Crippen MR) is 108 cm³/mol. The fourth-order valence-corrected chi connectivity index (χ4v) is 3.52. The molecule has 0 aliphatic carbocycles. The molecule has 2 N–H and O–H groups in total. The van der Waals surface area contributed by atoms with E-state index in [1.54, 1.807) is 20.8 Å². The third kappa shape index (κ3) is 5.33. The first-order valence-electron chi connectivity index (χ1n) is 9.64. The molecule has 1 aromatic rings. The minimum Gasteiger partial charge on any atom is -0.468 e. The van der Waals surface area contributed by atoms with Gasteiger partial charge < -0.3 is 20.1 Å². The van der Waals surface area contributed by atoms with E-state index in [0.29, 0.717) is 6.61 Å². The number of hydrogen-bond acceptors (Lipinski definition) is 6. The first-order chi connectivity index (χ1) is 13.5. The Bertz CT molecular complexity index is 748. The number of hydrogen-bond donors (Lipinski definition) is 2. The summed E-state index contributed by atoms with van der Waals surface area (Å²) in [6.45, 7) is 9.03. The molecule has 1 aliphatic heterocycles. The molecule has 29 heavy (non-hydrogen) atoms. The van der Waals surface area contributed by atoms with Crippen molar-refractivity contribution in [3.05, 3.63) is 35.9 Å². The Kier molecular flexibility index (Phi) is 7.02. The summed E-state index contributed by atoms with van der Waals surface area (Å²) in [5.74, 6) is -1.33. The number of nitrogens with zero attached hydrogens (tertiary/aromatic N) is 1. The number of methoxy groups -OCH3 is 1. The summed E-state index contributed by atoms with van der Waals surface area (Å²) in [4.78, 5) is 38.7. The summed E-state index contributed by atoms with van der Waals surface area (Å²) in [6, 6.07) is 9.25. The lowest BCUT2D eigenvalue weighted by Crippen LogP contribution is -2.60. The number of benzene rings is 1. The minimum atomic E-state index is -1.20. The lowest BCUT2D eigenvalue weighted by atomic mass is 10.0. The normalized spacial score (nSPS) is 20.0. The maximum Gasteiger partial charge on any atom is 0.325 e. The molecule has 160 valence electrons. The molecule has 1 aliphatic rings. The fourth-order valence-electron chi connectivity index (χ4n) is 3.52. The van der Waals surface area contributed by atoms with Gasteiger partial charge in [0.15, 0.2) is 0 Å². The molecule has 0 spiro atoms. The third-order valence-electron chi connectivity index (χ3n) is 5.16. The third-order valence-corrected chi connectivity index (χ3v) is 5.16. The van der Waals surface area contributed by atoms with Gasteiger partial charge in [0.25, 0.3) is 0 Å². The van der Waals surface area contributed by atoms with E-state index in [9.17, 15) is 14.4 Å². The molecule has 8 nitrogen and oxygen atoms in total. The first kappa shape index (κ1) is 22.8. The van der Waals surface area contributed by atoms with Gasteiger partial charge in [-0.15, -0.1) is 0 Å². The highest BCUT2D eigenvalue weighted by molar-refractivity contribution is 5.93. The zero-order chi connectivity index (χ0) is 21.8. The van der Waals surface area contributed by atoms with Gasteiger partial charge in [-0.1, -0.05) is 30.3 Å². The van der Waals surface area contributed by atoms with Gasteiger partial charge in [0, 0.05) is 0 Å². The topological polar surface area (TPSA) is 97.0 Å². The van der Waals surface area contributed by atoms with E-state index < -0.39 is 29.2 Å². The Morgan fingerprint density at radius 2 is 1.90 bits per heavy atom. The van der Waals surface area contributed by atoms with Crippen molar-refractivity contribution in [2.75, 3.05) is 20.3 Å². The van der Waals surface area contributed by atoms with Gasteiger partial charge in [-0.3, -0.25) is 19.3 Å². The average molecular weight is 405 g/mol. The molecule has 0 radical (unpaired) electrons. The number of ether oxygens (including phenoxy) is 2. The van der Waals surface area contributed by atoms with Crippen LogP contribution in [0, 0.1) is 0 Å². The molecular weight excluding hydrogens is 374 g/mol. The van der Waals surface area contributed by atoms with Gasteiger partial charge >= 0.3 is 5.97 Å². The van der Waals surface area contributed by atoms with E-state index in [1.807, 2.05) is 49.1 Å². The highest BCUT2D eigenvalue weighted by atomic mass is 16.5. The second-order valence-corrected chi connectivity index (χ2v) is 8.14. The van der Waals surface area contributed by atoms with Crippen molar-refractivity contribution in [1.29, 1.82) is 0 Å². The van der Waals surface area contributed by atoms with E-state index in [0.717, 1.165) is 5.56 Å². The van der Waals surface area contributed by atoms with Crippen molar-refractivity contribution in [3.63, 3.8) is 0 Å². The number of carbonyl (C=O) groups excluding carboxylic acids is 3. The molecular formula is C21H31N3O5. The highest BCUT2D eigenvalue weighted by Crippen LogP contribution is 2.38. The van der Waals surface area contributed by atoms with E-state index in [-0.39, 0.29) is 18.5 Å². The van der Waals surface area contributed by atoms with E-state index >= 15 is 0 Å². The number of amides is 2. The van der Waals surface area contributed by atoms with Crippen LogP contribution in [-0.4, -0.2) is 60.3 Å². The van der Waals surface area contributed by atoms with Crippen LogP contribution >= 0.6 is 0 Å². The molecule has 0 saturated carbocycles. The molecule has 1 fully saturated rings. The van der Waals surface area contributed by atoms with Crippen molar-refractivity contribution < 1.29 is 23.9 Å². The summed E-state index contributed by atoms with van der Waals surface area (Å²) < 4.78 is 10.5. The Morgan fingerprint density at radius 3 is 2.48 bits per heavy atom. The van der Waals surface area contributed by atoms with Crippen LogP contribution in [0.1, 0.15) is 46.2 Å². The van der Waals surface area contributed by atoms with Crippen LogP contribution in [-0.2, 0) is 23.9 Å². The van der Waals surface area contributed by atoms with Crippen LogP contribution in [0.4, 0.5) is 0 Å². The van der Waals surface area contributed by atoms with Gasteiger partial charge in [0.05, 0.1) is 25.8 Å². The predicted octanol–water partition coefficient (Wildman–Crippen LogP) is 1.37. The quantitative estimate of drug-likeness (QED) is 0.665. The second-order valence-electron chi connectivity index (χ2n) is 8.14. The first-order valence-corrected chi connectivity index (χ1v) is 9.64. The zero-order valence-electron chi connectivity index (χ0n) is 17.9. The summed E-state index contributed by atoms with van der Waals surface area (Å²) in [5.41, 5.74) is -0.784. The van der Waals surface area contributed by atoms with Gasteiger partial charge in [-0.25, -0.2) is 0 Å². The summed E-state index contributed by atoms with van der Waals surface area (Å²) in [7, 11) is 1.24. The molecule has 8 heteroatoms. The Balaban J connectivity index is 2.12. The molecule has 2 rings (SSSR count). The van der Waals surface area contributed by atoms with Crippen molar-refractivity contribution in [1.82, 2.24) is 15.5 Å². The van der Waals surface area contributed by atoms with Crippen LogP contribution in [0.2, 0.25) is 0 Å². The molecule has 2 amide bonds. The zero-order valence-corrected chi connectivity index (χ0v) is 17.9. The molecule has 1 heterocycles. The Morgan fingerprint density at radius 1 is 1.28 bits per heavy atom. The van der Waals surface area contributed by atoms with E-state index in [1.165, 1.54) is 7.11 Å². The summed E-state index contributed by atoms with van der Waals surface area (Å²) in [6.07, 6.45) is 0. The van der Waals surface area contributed by atoms with Crippen molar-refractivity contribution in [3.8, 4) is 0 Å². The van der Waals surface area contributed by atoms with Gasteiger partial charge in [-0.2, -0.15) is 0 Å². The largest absolute Gasteiger partial charge is 0.468 e. The number of esters is 1. The number of rotatable bonds is 7. The molecule has 1 saturated heterocycles. The van der Waals surface area contributed by atoms with Crippen LogP contribution in [0.25, 0.3) is 0 Å². The Labute approximate surface area is 171 Å². The smallest absolute Gasteiger partial charge is 0.325 e. The lowest BCUT2D eigenvalue weighted by Gasteiger charge is -2.39.